The summed E-state index contributed by atoms with van der Waals surface area (Å²) in [6, 6.07) is 86.2. The van der Waals surface area contributed by atoms with Crippen molar-refractivity contribution in [1.82, 2.24) is 0 Å². The van der Waals surface area contributed by atoms with Gasteiger partial charge >= 0.3 is 0 Å². The zero-order chi connectivity index (χ0) is 39.8. The molecule has 0 N–H and O–H groups in total. The lowest BCUT2D eigenvalue weighted by molar-refractivity contribution is 1.28. The fourth-order valence-corrected chi connectivity index (χ4v) is 10.0. The minimum absolute atomic E-state index is 1.09. The van der Waals surface area contributed by atoms with Crippen molar-refractivity contribution in [2.24, 2.45) is 0 Å². The topological polar surface area (TPSA) is 3.24 Å². The van der Waals surface area contributed by atoms with E-state index >= 15 is 0 Å². The van der Waals surface area contributed by atoms with E-state index in [2.05, 4.69) is 241 Å². The molecule has 0 fully saturated rings. The van der Waals surface area contributed by atoms with Gasteiger partial charge in [-0.1, -0.05) is 194 Å². The highest BCUT2D eigenvalue weighted by molar-refractivity contribution is 7.25. The first kappa shape index (κ1) is 35.6. The normalized spacial score (nSPS) is 11.3. The Kier molecular flexibility index (Phi) is 9.11. The van der Waals surface area contributed by atoms with Gasteiger partial charge in [0.05, 0.1) is 5.69 Å². The molecule has 1 nitrogen and oxygen atoms in total. The van der Waals surface area contributed by atoms with Crippen LogP contribution in [0.2, 0.25) is 0 Å². The fourth-order valence-electron chi connectivity index (χ4n) is 8.86. The smallest absolute Gasteiger partial charge is 0.0540 e. The summed E-state index contributed by atoms with van der Waals surface area (Å²) < 4.78 is 2.64. The third-order valence-electron chi connectivity index (χ3n) is 11.7. The number of benzene rings is 10. The molecule has 0 unspecified atom stereocenters. The van der Waals surface area contributed by atoms with Crippen LogP contribution in [0.4, 0.5) is 17.1 Å². The van der Waals surface area contributed by atoms with Crippen LogP contribution in [0.5, 0.6) is 0 Å². The predicted molar refractivity (Wildman–Crippen MR) is 259 cm³/mol. The van der Waals surface area contributed by atoms with Crippen molar-refractivity contribution >= 4 is 59.3 Å². The summed E-state index contributed by atoms with van der Waals surface area (Å²) >= 11 is 1.86. The van der Waals surface area contributed by atoms with Crippen molar-refractivity contribution in [3.05, 3.63) is 237 Å². The molecule has 0 aliphatic rings. The largest absolute Gasteiger partial charge is 0.310 e. The van der Waals surface area contributed by atoms with Gasteiger partial charge in [0.1, 0.15) is 0 Å². The molecule has 282 valence electrons. The van der Waals surface area contributed by atoms with E-state index < -0.39 is 0 Å². The molecule has 11 aromatic rings. The number of anilines is 3. The number of para-hydroxylation sites is 1. The van der Waals surface area contributed by atoms with E-state index in [-0.39, 0.29) is 0 Å². The van der Waals surface area contributed by atoms with Gasteiger partial charge in [-0.05, 0) is 103 Å². The van der Waals surface area contributed by atoms with Gasteiger partial charge in [-0.15, -0.1) is 11.3 Å². The van der Waals surface area contributed by atoms with E-state index in [1.54, 1.807) is 0 Å². The highest BCUT2D eigenvalue weighted by Gasteiger charge is 2.21. The molecular weight excluding hydrogens is 743 g/mol. The molecule has 60 heavy (non-hydrogen) atoms. The second-order valence-corrected chi connectivity index (χ2v) is 16.3. The number of rotatable bonds is 8. The fraction of sp³-hybridized carbons (Fsp3) is 0. The van der Waals surface area contributed by atoms with E-state index in [1.165, 1.54) is 81.0 Å². The van der Waals surface area contributed by atoms with Crippen molar-refractivity contribution in [3.63, 3.8) is 0 Å². The quantitative estimate of drug-likeness (QED) is 0.148. The van der Waals surface area contributed by atoms with Crippen LogP contribution in [-0.4, -0.2) is 0 Å². The first-order valence-electron chi connectivity index (χ1n) is 20.5. The van der Waals surface area contributed by atoms with Crippen molar-refractivity contribution < 1.29 is 0 Å². The van der Waals surface area contributed by atoms with Gasteiger partial charge < -0.3 is 4.90 Å². The third kappa shape index (κ3) is 6.44. The SMILES string of the molecule is c1ccc(-c2ccccc2-c2ccccc2-c2ccccc2N(c2ccc(-c3ccc4c(c3)sc3ccccc34)cc2)c2cccc(-c3cccc4ccccc34)c2)cc1. The summed E-state index contributed by atoms with van der Waals surface area (Å²) in [4.78, 5) is 2.43. The van der Waals surface area contributed by atoms with Crippen LogP contribution < -0.4 is 4.90 Å². The first-order valence-corrected chi connectivity index (χ1v) is 21.3. The Morgan fingerprint density at radius 1 is 0.267 bits per heavy atom. The van der Waals surface area contributed by atoms with Crippen molar-refractivity contribution in [2.45, 2.75) is 0 Å². The summed E-state index contributed by atoms with van der Waals surface area (Å²) in [5.74, 6) is 0. The molecule has 0 saturated carbocycles. The first-order chi connectivity index (χ1) is 29.8. The van der Waals surface area contributed by atoms with Crippen molar-refractivity contribution in [2.75, 3.05) is 4.90 Å². The Morgan fingerprint density at radius 2 is 0.817 bits per heavy atom. The molecule has 0 aliphatic carbocycles. The maximum Gasteiger partial charge on any atom is 0.0540 e. The van der Waals surface area contributed by atoms with E-state index in [0.29, 0.717) is 0 Å². The molecule has 2 heteroatoms. The van der Waals surface area contributed by atoms with Crippen LogP contribution in [0, 0.1) is 0 Å². The molecular formula is C58H39NS. The van der Waals surface area contributed by atoms with Gasteiger partial charge in [0, 0.05) is 37.1 Å². The van der Waals surface area contributed by atoms with Crippen molar-refractivity contribution in [1.29, 1.82) is 0 Å². The molecule has 10 aromatic carbocycles. The van der Waals surface area contributed by atoms with Gasteiger partial charge in [-0.2, -0.15) is 0 Å². The minimum Gasteiger partial charge on any atom is -0.310 e. The van der Waals surface area contributed by atoms with Crippen LogP contribution in [0.15, 0.2) is 237 Å². The summed E-state index contributed by atoms with van der Waals surface area (Å²) in [6.45, 7) is 0. The average Bonchev–Trinajstić information content (AvgIpc) is 3.70. The molecule has 0 saturated heterocycles. The Labute approximate surface area is 354 Å². The zero-order valence-electron chi connectivity index (χ0n) is 32.9. The van der Waals surface area contributed by atoms with Gasteiger partial charge in [-0.3, -0.25) is 0 Å². The lowest BCUT2D eigenvalue weighted by Crippen LogP contribution is -2.11. The molecule has 0 spiro atoms. The van der Waals surface area contributed by atoms with Crippen LogP contribution in [0.25, 0.3) is 86.6 Å². The number of hydrogen-bond acceptors (Lipinski definition) is 2. The Bertz CT molecular complexity index is 3320. The number of thiophene rings is 1. The molecule has 1 heterocycles. The molecule has 0 bridgehead atoms. The monoisotopic (exact) mass is 781 g/mol. The highest BCUT2D eigenvalue weighted by atomic mass is 32.1. The summed E-state index contributed by atoms with van der Waals surface area (Å²) in [5.41, 5.74) is 15.3. The van der Waals surface area contributed by atoms with Crippen LogP contribution in [0.1, 0.15) is 0 Å². The summed E-state index contributed by atoms with van der Waals surface area (Å²) in [5, 5.41) is 5.12. The zero-order valence-corrected chi connectivity index (χ0v) is 33.7. The number of nitrogens with zero attached hydrogens (tertiary/aromatic N) is 1. The van der Waals surface area contributed by atoms with Crippen LogP contribution >= 0.6 is 11.3 Å². The number of hydrogen-bond donors (Lipinski definition) is 0. The van der Waals surface area contributed by atoms with E-state index in [1.807, 2.05) is 11.3 Å². The van der Waals surface area contributed by atoms with Crippen LogP contribution in [0.3, 0.4) is 0 Å². The number of fused-ring (bicyclic) bond motifs is 4. The van der Waals surface area contributed by atoms with E-state index in [4.69, 9.17) is 0 Å². The van der Waals surface area contributed by atoms with Gasteiger partial charge in [-0.25, -0.2) is 0 Å². The van der Waals surface area contributed by atoms with Gasteiger partial charge in [0.15, 0.2) is 0 Å². The summed E-state index contributed by atoms with van der Waals surface area (Å²) in [7, 11) is 0. The molecule has 1 aromatic heterocycles. The van der Waals surface area contributed by atoms with Crippen LogP contribution in [-0.2, 0) is 0 Å². The standard InChI is InChI=1S/C58H39NS/c1-2-16-41(17-3-1)48-23-6-7-24-50(48)51-25-8-9-26-52(51)53-27-10-12-30-56(53)59(46-21-14-20-44(38-46)49-29-15-19-42-18-4-5-22-47(42)49)45-35-32-40(33-36-45)43-34-37-55-54-28-11-13-31-57(54)60-58(55)39-43/h1-39H. The molecule has 0 atom stereocenters. The second-order valence-electron chi connectivity index (χ2n) is 15.2. The molecule has 0 radical (unpaired) electrons. The van der Waals surface area contributed by atoms with E-state index in [0.717, 1.165) is 22.6 Å². The van der Waals surface area contributed by atoms with Gasteiger partial charge in [0.2, 0.25) is 0 Å². The Morgan fingerprint density at radius 3 is 1.63 bits per heavy atom. The maximum atomic E-state index is 2.43. The average molecular weight is 782 g/mol. The van der Waals surface area contributed by atoms with Crippen molar-refractivity contribution in [3.8, 4) is 55.6 Å². The molecule has 11 rings (SSSR count). The second kappa shape index (κ2) is 15.3. The van der Waals surface area contributed by atoms with Gasteiger partial charge in [0.25, 0.3) is 0 Å². The van der Waals surface area contributed by atoms with E-state index in [9.17, 15) is 0 Å². The Hall–Kier alpha value is -7.52. The Balaban J connectivity index is 1.07. The third-order valence-corrected chi connectivity index (χ3v) is 12.8. The molecule has 0 aliphatic heterocycles. The summed E-state index contributed by atoms with van der Waals surface area (Å²) in [6.07, 6.45) is 0. The lowest BCUT2D eigenvalue weighted by Gasteiger charge is -2.29. The lowest BCUT2D eigenvalue weighted by atomic mass is 9.88. The minimum atomic E-state index is 1.09. The maximum absolute atomic E-state index is 2.43. The predicted octanol–water partition coefficient (Wildman–Crippen LogP) is 17.0. The molecule has 0 amide bonds. The highest BCUT2D eigenvalue weighted by Crippen LogP contribution is 2.46.